The lowest BCUT2D eigenvalue weighted by Crippen LogP contribution is -2.33. The molecule has 1 saturated carbocycles. The monoisotopic (exact) mass is 252 g/mol. The van der Waals surface area contributed by atoms with Gasteiger partial charge < -0.3 is 5.11 Å². The van der Waals surface area contributed by atoms with Crippen LogP contribution in [0.15, 0.2) is 12.1 Å². The third kappa shape index (κ3) is 2.74. The normalized spacial score (nSPS) is 28.9. The van der Waals surface area contributed by atoms with E-state index >= 15 is 0 Å². The van der Waals surface area contributed by atoms with Crippen LogP contribution in [0.1, 0.15) is 55.7 Å². The topological polar surface area (TPSA) is 20.2 Å². The van der Waals surface area contributed by atoms with Gasteiger partial charge in [-0.15, -0.1) is 11.3 Å². The van der Waals surface area contributed by atoms with Gasteiger partial charge in [0.2, 0.25) is 0 Å². The van der Waals surface area contributed by atoms with Crippen molar-refractivity contribution in [2.45, 2.75) is 58.5 Å². The minimum Gasteiger partial charge on any atom is -0.384 e. The number of hydrogen-bond donors (Lipinski definition) is 1. The predicted molar refractivity (Wildman–Crippen MR) is 74.4 cm³/mol. The van der Waals surface area contributed by atoms with Crippen LogP contribution in [0, 0.1) is 18.8 Å². The van der Waals surface area contributed by atoms with Crippen LogP contribution < -0.4 is 0 Å². The second-order valence-corrected chi connectivity index (χ2v) is 6.97. The molecular weight excluding hydrogens is 228 g/mol. The van der Waals surface area contributed by atoms with Crippen molar-refractivity contribution in [3.63, 3.8) is 0 Å². The lowest BCUT2D eigenvalue weighted by molar-refractivity contribution is -0.0245. The average Bonchev–Trinajstić information content (AvgIpc) is 2.77. The molecule has 1 N–H and O–H groups in total. The second kappa shape index (κ2) is 5.11. The summed E-state index contributed by atoms with van der Waals surface area (Å²) in [6.45, 7) is 6.40. The summed E-state index contributed by atoms with van der Waals surface area (Å²) in [6, 6.07) is 4.22. The molecule has 1 fully saturated rings. The molecule has 1 heterocycles. The van der Waals surface area contributed by atoms with E-state index in [0.29, 0.717) is 5.92 Å². The van der Waals surface area contributed by atoms with E-state index in [4.69, 9.17) is 0 Å². The molecule has 1 aromatic heterocycles. The van der Waals surface area contributed by atoms with E-state index in [-0.39, 0.29) is 0 Å². The number of thiophene rings is 1. The molecule has 0 amide bonds. The maximum atomic E-state index is 10.8. The maximum Gasteiger partial charge on any atom is 0.0987 e. The largest absolute Gasteiger partial charge is 0.384 e. The fourth-order valence-corrected chi connectivity index (χ4v) is 4.03. The highest BCUT2D eigenvalue weighted by Crippen LogP contribution is 2.43. The van der Waals surface area contributed by atoms with Crippen molar-refractivity contribution in [3.8, 4) is 0 Å². The van der Waals surface area contributed by atoms with Crippen molar-refractivity contribution >= 4 is 11.3 Å². The lowest BCUT2D eigenvalue weighted by Gasteiger charge is -2.37. The molecule has 1 nitrogen and oxygen atoms in total. The van der Waals surface area contributed by atoms with Gasteiger partial charge in [0.05, 0.1) is 5.60 Å². The zero-order valence-corrected chi connectivity index (χ0v) is 12.0. The van der Waals surface area contributed by atoms with Crippen LogP contribution >= 0.6 is 11.3 Å². The molecular formula is C15H24OS. The van der Waals surface area contributed by atoms with Crippen LogP contribution in [0.3, 0.4) is 0 Å². The van der Waals surface area contributed by atoms with Crippen molar-refractivity contribution in [2.75, 3.05) is 0 Å². The average molecular weight is 252 g/mol. The maximum absolute atomic E-state index is 10.8. The fourth-order valence-electron chi connectivity index (χ4n) is 3.04. The predicted octanol–water partition coefficient (Wildman–Crippen LogP) is 4.48. The molecule has 96 valence electrons. The van der Waals surface area contributed by atoms with Crippen molar-refractivity contribution in [2.24, 2.45) is 11.8 Å². The van der Waals surface area contributed by atoms with Crippen LogP contribution in [0.25, 0.3) is 0 Å². The first-order valence-corrected chi connectivity index (χ1v) is 7.65. The van der Waals surface area contributed by atoms with Crippen LogP contribution in [0.2, 0.25) is 0 Å². The van der Waals surface area contributed by atoms with Gasteiger partial charge in [-0.1, -0.05) is 26.2 Å². The summed E-state index contributed by atoms with van der Waals surface area (Å²) >= 11 is 1.74. The fraction of sp³-hybridized carbons (Fsp3) is 0.733. The molecule has 0 bridgehead atoms. The first-order chi connectivity index (χ1) is 8.04. The summed E-state index contributed by atoms with van der Waals surface area (Å²) in [5, 5.41) is 10.8. The van der Waals surface area contributed by atoms with Crippen LogP contribution in [-0.4, -0.2) is 5.11 Å². The zero-order chi connectivity index (χ0) is 12.5. The van der Waals surface area contributed by atoms with E-state index < -0.39 is 5.60 Å². The molecule has 1 unspecified atom stereocenters. The van der Waals surface area contributed by atoms with Gasteiger partial charge in [0.1, 0.15) is 0 Å². The molecule has 1 aliphatic carbocycles. The van der Waals surface area contributed by atoms with Gasteiger partial charge in [0, 0.05) is 9.75 Å². The SMILES string of the molecule is CCC1CCC(C(C)(O)c2ccc(C)s2)CC1. The Hall–Kier alpha value is -0.340. The third-order valence-electron chi connectivity index (χ3n) is 4.46. The Bertz CT molecular complexity index is 359. The molecule has 0 spiro atoms. The molecule has 2 heteroatoms. The second-order valence-electron chi connectivity index (χ2n) is 5.68. The smallest absolute Gasteiger partial charge is 0.0987 e. The van der Waals surface area contributed by atoms with Crippen LogP contribution in [-0.2, 0) is 5.60 Å². The molecule has 17 heavy (non-hydrogen) atoms. The van der Waals surface area contributed by atoms with Crippen molar-refractivity contribution in [1.82, 2.24) is 0 Å². The Labute approximate surface area is 109 Å². The molecule has 1 aliphatic rings. The molecule has 0 aliphatic heterocycles. The van der Waals surface area contributed by atoms with Gasteiger partial charge in [-0.05, 0) is 50.7 Å². The molecule has 0 radical (unpaired) electrons. The van der Waals surface area contributed by atoms with Crippen LogP contribution in [0.5, 0.6) is 0 Å². The summed E-state index contributed by atoms with van der Waals surface area (Å²) in [5.41, 5.74) is -0.613. The summed E-state index contributed by atoms with van der Waals surface area (Å²) in [7, 11) is 0. The van der Waals surface area contributed by atoms with Crippen LogP contribution in [0.4, 0.5) is 0 Å². The van der Waals surface area contributed by atoms with Crippen molar-refractivity contribution < 1.29 is 5.11 Å². The van der Waals surface area contributed by atoms with E-state index in [1.807, 2.05) is 6.92 Å². The summed E-state index contributed by atoms with van der Waals surface area (Å²) in [6.07, 6.45) is 6.25. The summed E-state index contributed by atoms with van der Waals surface area (Å²) in [5.74, 6) is 1.34. The van der Waals surface area contributed by atoms with E-state index in [9.17, 15) is 5.11 Å². The third-order valence-corrected chi connectivity index (χ3v) is 5.69. The first-order valence-electron chi connectivity index (χ1n) is 6.83. The Morgan fingerprint density at radius 3 is 2.41 bits per heavy atom. The minimum atomic E-state index is -0.613. The Morgan fingerprint density at radius 2 is 1.94 bits per heavy atom. The summed E-state index contributed by atoms with van der Waals surface area (Å²) in [4.78, 5) is 2.44. The Balaban J connectivity index is 2.06. The number of rotatable bonds is 3. The van der Waals surface area contributed by atoms with Crippen molar-refractivity contribution in [1.29, 1.82) is 0 Å². The van der Waals surface area contributed by atoms with E-state index in [1.165, 1.54) is 37.0 Å². The number of aryl methyl sites for hydroxylation is 1. The molecule has 2 rings (SSSR count). The van der Waals surface area contributed by atoms with Gasteiger partial charge in [0.25, 0.3) is 0 Å². The first kappa shape index (κ1) is 13.1. The van der Waals surface area contributed by atoms with Gasteiger partial charge in [-0.3, -0.25) is 0 Å². The molecule has 1 atom stereocenters. The Morgan fingerprint density at radius 1 is 1.29 bits per heavy atom. The molecule has 0 saturated heterocycles. The van der Waals surface area contributed by atoms with Crippen molar-refractivity contribution in [3.05, 3.63) is 21.9 Å². The highest BCUT2D eigenvalue weighted by Gasteiger charge is 2.36. The standard InChI is InChI=1S/C15H24OS/c1-4-12-6-8-13(9-7-12)15(3,16)14-10-5-11(2)17-14/h5,10,12-13,16H,4,6-9H2,1-3H3. The number of aliphatic hydroxyl groups is 1. The molecule has 1 aromatic rings. The Kier molecular flexibility index (Phi) is 3.94. The van der Waals surface area contributed by atoms with Gasteiger partial charge >= 0.3 is 0 Å². The minimum absolute atomic E-state index is 0.448. The van der Waals surface area contributed by atoms with Gasteiger partial charge in [-0.25, -0.2) is 0 Å². The van der Waals surface area contributed by atoms with Gasteiger partial charge in [0.15, 0.2) is 0 Å². The zero-order valence-electron chi connectivity index (χ0n) is 11.2. The lowest BCUT2D eigenvalue weighted by atomic mass is 9.73. The quantitative estimate of drug-likeness (QED) is 0.841. The highest BCUT2D eigenvalue weighted by molar-refractivity contribution is 7.12. The summed E-state index contributed by atoms with van der Waals surface area (Å²) < 4.78 is 0. The van der Waals surface area contributed by atoms with E-state index in [1.54, 1.807) is 11.3 Å². The number of hydrogen-bond acceptors (Lipinski definition) is 2. The van der Waals surface area contributed by atoms with Gasteiger partial charge in [-0.2, -0.15) is 0 Å². The van der Waals surface area contributed by atoms with E-state index in [2.05, 4.69) is 26.0 Å². The van der Waals surface area contributed by atoms with E-state index in [0.717, 1.165) is 10.8 Å². The highest BCUT2D eigenvalue weighted by atomic mass is 32.1. The molecule has 0 aromatic carbocycles.